The summed E-state index contributed by atoms with van der Waals surface area (Å²) in [7, 11) is 1.60. The molecule has 1 aliphatic carbocycles. The number of hydrogen-bond donors (Lipinski definition) is 2. The Hall–Kier alpha value is -0.610. The SMILES string of the molecule is CCNC1CCC(NC(=O)C(C)(CC)OC)CC1. The minimum Gasteiger partial charge on any atom is -0.369 e. The van der Waals surface area contributed by atoms with E-state index in [0.29, 0.717) is 18.5 Å². The van der Waals surface area contributed by atoms with Gasteiger partial charge in [-0.1, -0.05) is 13.8 Å². The molecule has 0 aliphatic heterocycles. The van der Waals surface area contributed by atoms with E-state index in [1.165, 1.54) is 0 Å². The van der Waals surface area contributed by atoms with Crippen molar-refractivity contribution in [3.63, 3.8) is 0 Å². The molecule has 106 valence electrons. The average molecular weight is 256 g/mol. The smallest absolute Gasteiger partial charge is 0.252 e. The van der Waals surface area contributed by atoms with Crippen molar-refractivity contribution in [3.05, 3.63) is 0 Å². The number of carbonyl (C=O) groups is 1. The lowest BCUT2D eigenvalue weighted by atomic mass is 9.90. The average Bonchev–Trinajstić information content (AvgIpc) is 2.40. The van der Waals surface area contributed by atoms with Gasteiger partial charge < -0.3 is 15.4 Å². The number of methoxy groups -OCH3 is 1. The number of amides is 1. The third-order valence-electron chi connectivity index (χ3n) is 4.16. The van der Waals surface area contributed by atoms with E-state index in [9.17, 15) is 4.79 Å². The molecule has 0 aromatic heterocycles. The number of nitrogens with one attached hydrogen (secondary N) is 2. The fourth-order valence-corrected chi connectivity index (χ4v) is 2.47. The van der Waals surface area contributed by atoms with Gasteiger partial charge in [-0.2, -0.15) is 0 Å². The molecule has 0 aromatic rings. The molecule has 0 bridgehead atoms. The van der Waals surface area contributed by atoms with Crippen molar-refractivity contribution < 1.29 is 9.53 Å². The van der Waals surface area contributed by atoms with Crippen molar-refractivity contribution in [2.45, 2.75) is 70.6 Å². The predicted octanol–water partition coefficient (Wildman–Crippen LogP) is 1.84. The first-order chi connectivity index (χ1) is 8.55. The van der Waals surface area contributed by atoms with Crippen LogP contribution in [0.15, 0.2) is 0 Å². The van der Waals surface area contributed by atoms with E-state index >= 15 is 0 Å². The third-order valence-corrected chi connectivity index (χ3v) is 4.16. The monoisotopic (exact) mass is 256 g/mol. The minimum absolute atomic E-state index is 0.0272. The first kappa shape index (κ1) is 15.4. The van der Waals surface area contributed by atoms with Gasteiger partial charge in [0.1, 0.15) is 5.60 Å². The first-order valence-corrected chi connectivity index (χ1v) is 7.15. The van der Waals surface area contributed by atoms with Crippen LogP contribution in [0.3, 0.4) is 0 Å². The molecule has 0 radical (unpaired) electrons. The van der Waals surface area contributed by atoms with Gasteiger partial charge in [-0.15, -0.1) is 0 Å². The van der Waals surface area contributed by atoms with E-state index in [2.05, 4.69) is 17.6 Å². The molecule has 0 saturated heterocycles. The molecule has 4 heteroatoms. The van der Waals surface area contributed by atoms with Crippen LogP contribution in [0.1, 0.15) is 52.9 Å². The zero-order valence-corrected chi connectivity index (χ0v) is 12.2. The summed E-state index contributed by atoms with van der Waals surface area (Å²) in [5.74, 6) is 0.0272. The molecular formula is C14H28N2O2. The third kappa shape index (κ3) is 3.95. The van der Waals surface area contributed by atoms with Crippen molar-refractivity contribution in [2.24, 2.45) is 0 Å². The molecule has 1 amide bonds. The van der Waals surface area contributed by atoms with E-state index in [1.807, 2.05) is 13.8 Å². The Balaban J connectivity index is 2.39. The standard InChI is InChI=1S/C14H28N2O2/c1-5-14(3,18-4)13(17)16-12-9-7-11(8-10-12)15-6-2/h11-12,15H,5-10H2,1-4H3,(H,16,17). The molecule has 1 saturated carbocycles. The lowest BCUT2D eigenvalue weighted by Gasteiger charge is -2.33. The summed E-state index contributed by atoms with van der Waals surface area (Å²) < 4.78 is 5.33. The molecule has 0 aromatic carbocycles. The molecule has 4 nitrogen and oxygen atoms in total. The van der Waals surface area contributed by atoms with Crippen molar-refractivity contribution in [1.29, 1.82) is 0 Å². The van der Waals surface area contributed by atoms with Crippen LogP contribution >= 0.6 is 0 Å². The van der Waals surface area contributed by atoms with Crippen LogP contribution in [-0.4, -0.2) is 37.2 Å². The molecule has 1 unspecified atom stereocenters. The van der Waals surface area contributed by atoms with Crippen molar-refractivity contribution >= 4 is 5.91 Å². The van der Waals surface area contributed by atoms with E-state index < -0.39 is 5.60 Å². The number of ether oxygens (including phenoxy) is 1. The van der Waals surface area contributed by atoms with Gasteiger partial charge in [0, 0.05) is 19.2 Å². The maximum Gasteiger partial charge on any atom is 0.252 e. The summed E-state index contributed by atoms with van der Waals surface area (Å²) >= 11 is 0. The highest BCUT2D eigenvalue weighted by atomic mass is 16.5. The highest BCUT2D eigenvalue weighted by molar-refractivity contribution is 5.84. The highest BCUT2D eigenvalue weighted by Gasteiger charge is 2.33. The molecule has 1 rings (SSSR count). The zero-order chi connectivity index (χ0) is 13.6. The quantitative estimate of drug-likeness (QED) is 0.762. The van der Waals surface area contributed by atoms with Crippen LogP contribution in [-0.2, 0) is 9.53 Å². The van der Waals surface area contributed by atoms with Gasteiger partial charge in [0.15, 0.2) is 0 Å². The normalized spacial score (nSPS) is 27.6. The van der Waals surface area contributed by atoms with Gasteiger partial charge in [-0.3, -0.25) is 4.79 Å². The maximum absolute atomic E-state index is 12.2. The summed E-state index contributed by atoms with van der Waals surface area (Å²) in [6, 6.07) is 0.941. The van der Waals surface area contributed by atoms with E-state index in [0.717, 1.165) is 32.2 Å². The number of rotatable bonds is 6. The summed E-state index contributed by atoms with van der Waals surface area (Å²) in [5, 5.41) is 6.61. The van der Waals surface area contributed by atoms with Gasteiger partial charge >= 0.3 is 0 Å². The summed E-state index contributed by atoms with van der Waals surface area (Å²) in [5.41, 5.74) is -0.682. The molecule has 1 aliphatic rings. The van der Waals surface area contributed by atoms with Gasteiger partial charge in [0.2, 0.25) is 0 Å². The second kappa shape index (κ2) is 7.10. The molecule has 1 fully saturated rings. The molecule has 0 spiro atoms. The summed E-state index contributed by atoms with van der Waals surface area (Å²) in [6.07, 6.45) is 5.12. The maximum atomic E-state index is 12.2. The Morgan fingerprint density at radius 3 is 2.22 bits per heavy atom. The number of carbonyl (C=O) groups excluding carboxylic acids is 1. The Labute approximate surface area is 111 Å². The number of hydrogen-bond acceptors (Lipinski definition) is 3. The second-order valence-corrected chi connectivity index (χ2v) is 5.37. The van der Waals surface area contributed by atoms with Crippen molar-refractivity contribution in [3.8, 4) is 0 Å². The molecule has 0 heterocycles. The van der Waals surface area contributed by atoms with Gasteiger partial charge in [0.25, 0.3) is 5.91 Å². The van der Waals surface area contributed by atoms with Crippen LogP contribution in [0.2, 0.25) is 0 Å². The Kier molecular flexibility index (Phi) is 6.09. The fraction of sp³-hybridized carbons (Fsp3) is 0.929. The highest BCUT2D eigenvalue weighted by Crippen LogP contribution is 2.21. The topological polar surface area (TPSA) is 50.4 Å². The van der Waals surface area contributed by atoms with Crippen molar-refractivity contribution in [2.75, 3.05) is 13.7 Å². The van der Waals surface area contributed by atoms with E-state index in [4.69, 9.17) is 4.74 Å². The van der Waals surface area contributed by atoms with Crippen LogP contribution in [0.4, 0.5) is 0 Å². The zero-order valence-electron chi connectivity index (χ0n) is 12.2. The van der Waals surface area contributed by atoms with Crippen molar-refractivity contribution in [1.82, 2.24) is 10.6 Å². The Bertz CT molecular complexity index is 257. The van der Waals surface area contributed by atoms with Gasteiger partial charge in [-0.25, -0.2) is 0 Å². The van der Waals surface area contributed by atoms with E-state index in [-0.39, 0.29) is 5.91 Å². The van der Waals surface area contributed by atoms with E-state index in [1.54, 1.807) is 7.11 Å². The van der Waals surface area contributed by atoms with Crippen LogP contribution in [0.5, 0.6) is 0 Å². The van der Waals surface area contributed by atoms with Crippen LogP contribution in [0, 0.1) is 0 Å². The molecular weight excluding hydrogens is 228 g/mol. The summed E-state index contributed by atoms with van der Waals surface area (Å²) in [4.78, 5) is 12.2. The lowest BCUT2D eigenvalue weighted by Crippen LogP contribution is -2.51. The van der Waals surface area contributed by atoms with Crippen LogP contribution in [0.25, 0.3) is 0 Å². The predicted molar refractivity (Wildman–Crippen MR) is 73.6 cm³/mol. The van der Waals surface area contributed by atoms with Crippen LogP contribution < -0.4 is 10.6 Å². The lowest BCUT2D eigenvalue weighted by molar-refractivity contribution is -0.142. The summed E-state index contributed by atoms with van der Waals surface area (Å²) in [6.45, 7) is 7.00. The van der Waals surface area contributed by atoms with Gasteiger partial charge in [0.05, 0.1) is 0 Å². The molecule has 2 N–H and O–H groups in total. The molecule has 18 heavy (non-hydrogen) atoms. The fourth-order valence-electron chi connectivity index (χ4n) is 2.47. The Morgan fingerprint density at radius 2 is 1.78 bits per heavy atom. The second-order valence-electron chi connectivity index (χ2n) is 5.37. The molecule has 1 atom stereocenters. The van der Waals surface area contributed by atoms with Gasteiger partial charge in [-0.05, 0) is 45.6 Å². The Morgan fingerprint density at radius 1 is 1.22 bits per heavy atom. The first-order valence-electron chi connectivity index (χ1n) is 7.15. The minimum atomic E-state index is -0.682. The largest absolute Gasteiger partial charge is 0.369 e.